The largest absolute Gasteiger partial charge is 0.312 e. The lowest BCUT2D eigenvalue weighted by molar-refractivity contribution is 0.583. The molecule has 0 heterocycles. The predicted octanol–water partition coefficient (Wildman–Crippen LogP) is 0.197. The fraction of sp³-hybridized carbons (Fsp3) is 0.364. The lowest BCUT2D eigenvalue weighted by Gasteiger charge is -2.05. The van der Waals surface area contributed by atoms with Crippen molar-refractivity contribution in [1.29, 1.82) is 5.26 Å². The van der Waals surface area contributed by atoms with Crippen LogP contribution >= 0.6 is 0 Å². The molecule has 0 amide bonds. The number of rotatable bonds is 6. The SMILES string of the molecule is CNS(=O)(=O)CCNCc1cccc(C#N)c1. The maximum atomic E-state index is 11.1. The standard InChI is InChI=1S/C11H15N3O2S/c1-13-17(15,16)6-5-14-9-11-4-2-3-10(7-11)8-12/h2-4,7,13-14H,5-6,9H2,1H3. The van der Waals surface area contributed by atoms with Gasteiger partial charge in [0, 0.05) is 13.1 Å². The summed E-state index contributed by atoms with van der Waals surface area (Å²) in [5.74, 6) is 0.0431. The summed E-state index contributed by atoms with van der Waals surface area (Å²) in [5.41, 5.74) is 1.57. The molecule has 2 N–H and O–H groups in total. The van der Waals surface area contributed by atoms with Gasteiger partial charge in [-0.1, -0.05) is 12.1 Å². The highest BCUT2D eigenvalue weighted by Gasteiger charge is 2.05. The van der Waals surface area contributed by atoms with Crippen LogP contribution in [0.4, 0.5) is 0 Å². The number of hydrogen-bond acceptors (Lipinski definition) is 4. The smallest absolute Gasteiger partial charge is 0.212 e. The number of nitrogens with zero attached hydrogens (tertiary/aromatic N) is 1. The summed E-state index contributed by atoms with van der Waals surface area (Å²) >= 11 is 0. The Morgan fingerprint density at radius 3 is 2.82 bits per heavy atom. The quantitative estimate of drug-likeness (QED) is 0.709. The molecule has 6 heteroatoms. The molecule has 0 aliphatic heterocycles. The highest BCUT2D eigenvalue weighted by molar-refractivity contribution is 7.89. The number of nitriles is 1. The molecule has 1 rings (SSSR count). The van der Waals surface area contributed by atoms with Gasteiger partial charge in [-0.25, -0.2) is 13.1 Å². The van der Waals surface area contributed by atoms with Gasteiger partial charge in [0.15, 0.2) is 0 Å². The van der Waals surface area contributed by atoms with Crippen LogP contribution in [0.2, 0.25) is 0 Å². The van der Waals surface area contributed by atoms with Crippen LogP contribution in [0.15, 0.2) is 24.3 Å². The first-order valence-electron chi connectivity index (χ1n) is 5.18. The maximum Gasteiger partial charge on any atom is 0.212 e. The lowest BCUT2D eigenvalue weighted by Crippen LogP contribution is -2.29. The molecule has 0 spiro atoms. The van der Waals surface area contributed by atoms with E-state index in [1.165, 1.54) is 7.05 Å². The maximum absolute atomic E-state index is 11.1. The summed E-state index contributed by atoms with van der Waals surface area (Å²) in [7, 11) is -1.76. The minimum Gasteiger partial charge on any atom is -0.312 e. The van der Waals surface area contributed by atoms with Gasteiger partial charge in [0.1, 0.15) is 0 Å². The highest BCUT2D eigenvalue weighted by atomic mass is 32.2. The monoisotopic (exact) mass is 253 g/mol. The number of sulfonamides is 1. The van der Waals surface area contributed by atoms with Crippen LogP contribution in [0.5, 0.6) is 0 Å². The van der Waals surface area contributed by atoms with Crippen molar-refractivity contribution in [3.05, 3.63) is 35.4 Å². The molecule has 92 valence electrons. The minimum absolute atomic E-state index is 0.0431. The van der Waals surface area contributed by atoms with E-state index >= 15 is 0 Å². The molecular weight excluding hydrogens is 238 g/mol. The summed E-state index contributed by atoms with van der Waals surface area (Å²) in [5, 5.41) is 11.7. The normalized spacial score (nSPS) is 11.1. The van der Waals surface area contributed by atoms with E-state index in [2.05, 4.69) is 16.1 Å². The van der Waals surface area contributed by atoms with Crippen LogP contribution in [-0.2, 0) is 16.6 Å². The molecule has 1 aromatic rings. The van der Waals surface area contributed by atoms with Crippen molar-refractivity contribution in [2.24, 2.45) is 0 Å². The Labute approximate surface area is 102 Å². The van der Waals surface area contributed by atoms with Gasteiger partial charge in [0.25, 0.3) is 0 Å². The zero-order chi connectivity index (χ0) is 12.7. The summed E-state index contributed by atoms with van der Waals surface area (Å²) in [6.45, 7) is 0.925. The first-order chi connectivity index (χ1) is 8.07. The minimum atomic E-state index is -3.15. The van der Waals surface area contributed by atoms with Gasteiger partial charge in [-0.2, -0.15) is 5.26 Å². The Hall–Kier alpha value is -1.42. The molecule has 0 unspecified atom stereocenters. The third-order valence-corrected chi connectivity index (χ3v) is 3.61. The van der Waals surface area contributed by atoms with E-state index in [1.807, 2.05) is 6.07 Å². The molecule has 0 bridgehead atoms. The van der Waals surface area contributed by atoms with E-state index in [0.717, 1.165) is 5.56 Å². The fourth-order valence-corrected chi connectivity index (χ4v) is 1.91. The molecular formula is C11H15N3O2S. The van der Waals surface area contributed by atoms with Gasteiger partial charge in [-0.05, 0) is 24.7 Å². The lowest BCUT2D eigenvalue weighted by atomic mass is 10.1. The highest BCUT2D eigenvalue weighted by Crippen LogP contribution is 2.03. The Bertz CT molecular complexity index is 506. The molecule has 0 saturated heterocycles. The van der Waals surface area contributed by atoms with Gasteiger partial charge < -0.3 is 5.32 Å². The second kappa shape index (κ2) is 6.35. The summed E-state index contributed by atoms with van der Waals surface area (Å²) in [6.07, 6.45) is 0. The van der Waals surface area contributed by atoms with Crippen molar-refractivity contribution in [2.45, 2.75) is 6.54 Å². The van der Waals surface area contributed by atoms with Crippen molar-refractivity contribution in [3.63, 3.8) is 0 Å². The van der Waals surface area contributed by atoms with Crippen LogP contribution < -0.4 is 10.0 Å². The van der Waals surface area contributed by atoms with Crippen molar-refractivity contribution < 1.29 is 8.42 Å². The number of benzene rings is 1. The summed E-state index contributed by atoms with van der Waals surface area (Å²) in [6, 6.07) is 9.26. The van der Waals surface area contributed by atoms with Gasteiger partial charge in [0.05, 0.1) is 17.4 Å². The first-order valence-corrected chi connectivity index (χ1v) is 6.83. The predicted molar refractivity (Wildman–Crippen MR) is 65.7 cm³/mol. The molecule has 0 atom stereocenters. The van der Waals surface area contributed by atoms with Gasteiger partial charge in [-0.3, -0.25) is 0 Å². The molecule has 0 fully saturated rings. The first kappa shape index (κ1) is 13.6. The van der Waals surface area contributed by atoms with Crippen molar-refractivity contribution in [1.82, 2.24) is 10.0 Å². The van der Waals surface area contributed by atoms with Crippen LogP contribution in [-0.4, -0.2) is 27.8 Å². The van der Waals surface area contributed by atoms with E-state index in [0.29, 0.717) is 18.7 Å². The molecule has 1 aromatic carbocycles. The molecule has 5 nitrogen and oxygen atoms in total. The van der Waals surface area contributed by atoms with E-state index in [9.17, 15) is 8.42 Å². The van der Waals surface area contributed by atoms with Crippen molar-refractivity contribution in [3.8, 4) is 6.07 Å². The Morgan fingerprint density at radius 1 is 1.41 bits per heavy atom. The van der Waals surface area contributed by atoms with E-state index in [-0.39, 0.29) is 5.75 Å². The van der Waals surface area contributed by atoms with E-state index in [4.69, 9.17) is 5.26 Å². The summed E-state index contributed by atoms with van der Waals surface area (Å²) in [4.78, 5) is 0. The molecule has 0 aromatic heterocycles. The zero-order valence-corrected chi connectivity index (χ0v) is 10.4. The Morgan fingerprint density at radius 2 is 2.18 bits per heavy atom. The zero-order valence-electron chi connectivity index (χ0n) is 9.60. The molecule has 0 saturated carbocycles. The Kier molecular flexibility index (Phi) is 5.10. The van der Waals surface area contributed by atoms with Crippen LogP contribution in [0.3, 0.4) is 0 Å². The second-order valence-corrected chi connectivity index (χ2v) is 5.56. The molecule has 0 aliphatic rings. The van der Waals surface area contributed by atoms with Crippen LogP contribution in [0.25, 0.3) is 0 Å². The molecule has 0 radical (unpaired) electrons. The number of nitrogens with one attached hydrogen (secondary N) is 2. The number of hydrogen-bond donors (Lipinski definition) is 2. The molecule has 17 heavy (non-hydrogen) atoms. The second-order valence-electron chi connectivity index (χ2n) is 3.51. The average molecular weight is 253 g/mol. The average Bonchev–Trinajstić information content (AvgIpc) is 2.35. The van der Waals surface area contributed by atoms with Crippen molar-refractivity contribution in [2.75, 3.05) is 19.3 Å². The Balaban J connectivity index is 2.39. The van der Waals surface area contributed by atoms with Gasteiger partial charge in [-0.15, -0.1) is 0 Å². The van der Waals surface area contributed by atoms with E-state index < -0.39 is 10.0 Å². The van der Waals surface area contributed by atoms with Crippen molar-refractivity contribution >= 4 is 10.0 Å². The fourth-order valence-electron chi connectivity index (χ4n) is 1.29. The van der Waals surface area contributed by atoms with Crippen LogP contribution in [0, 0.1) is 11.3 Å². The molecule has 0 aliphatic carbocycles. The topological polar surface area (TPSA) is 82.0 Å². The van der Waals surface area contributed by atoms with Gasteiger partial charge in [0.2, 0.25) is 10.0 Å². The third kappa shape index (κ3) is 4.95. The van der Waals surface area contributed by atoms with Crippen LogP contribution in [0.1, 0.15) is 11.1 Å². The summed E-state index contributed by atoms with van der Waals surface area (Å²) < 4.78 is 24.5. The van der Waals surface area contributed by atoms with Gasteiger partial charge >= 0.3 is 0 Å². The third-order valence-electron chi connectivity index (χ3n) is 2.24. The van der Waals surface area contributed by atoms with E-state index in [1.54, 1.807) is 18.2 Å².